The molecule has 1 fully saturated rings. The fourth-order valence-corrected chi connectivity index (χ4v) is 3.74. The van der Waals surface area contributed by atoms with Gasteiger partial charge < -0.3 is 24.1 Å². The third-order valence-electron chi connectivity index (χ3n) is 5.79. The number of hydrogen-bond donors (Lipinski definition) is 1. The van der Waals surface area contributed by atoms with Crippen molar-refractivity contribution in [1.29, 1.82) is 0 Å². The zero-order valence-electron chi connectivity index (χ0n) is 19.7. The quantitative estimate of drug-likeness (QED) is 0.490. The van der Waals surface area contributed by atoms with Crippen LogP contribution < -0.4 is 14.8 Å². The summed E-state index contributed by atoms with van der Waals surface area (Å²) in [6, 6.07) is 14.9. The van der Waals surface area contributed by atoms with Crippen LogP contribution in [0.3, 0.4) is 0 Å². The normalized spacial score (nSPS) is 14.1. The van der Waals surface area contributed by atoms with Crippen molar-refractivity contribution in [2.45, 2.75) is 27.0 Å². The van der Waals surface area contributed by atoms with E-state index < -0.39 is 0 Å². The van der Waals surface area contributed by atoms with Crippen molar-refractivity contribution < 1.29 is 23.5 Å². The van der Waals surface area contributed by atoms with Crippen LogP contribution in [0.2, 0.25) is 0 Å². The molecule has 0 aliphatic carbocycles. The van der Waals surface area contributed by atoms with Gasteiger partial charge in [0.2, 0.25) is 0 Å². The van der Waals surface area contributed by atoms with Gasteiger partial charge in [-0.25, -0.2) is 0 Å². The fraction of sp³-hybridized carbons (Fsp3) is 0.385. The first-order valence-corrected chi connectivity index (χ1v) is 11.5. The summed E-state index contributed by atoms with van der Waals surface area (Å²) in [5.41, 5.74) is 3.23. The van der Waals surface area contributed by atoms with Gasteiger partial charge in [-0.3, -0.25) is 9.69 Å². The second-order valence-electron chi connectivity index (χ2n) is 8.25. The number of rotatable bonds is 10. The molecule has 8 heteroatoms. The number of ether oxygens (including phenoxy) is 3. The van der Waals surface area contributed by atoms with Crippen molar-refractivity contribution in [3.05, 3.63) is 76.7 Å². The summed E-state index contributed by atoms with van der Waals surface area (Å²) in [5, 5.41) is 6.90. The van der Waals surface area contributed by atoms with E-state index in [1.807, 2.05) is 44.2 Å². The van der Waals surface area contributed by atoms with Crippen molar-refractivity contribution in [3.8, 4) is 11.5 Å². The molecule has 34 heavy (non-hydrogen) atoms. The van der Waals surface area contributed by atoms with Crippen molar-refractivity contribution >= 4 is 5.91 Å². The first-order valence-electron chi connectivity index (χ1n) is 11.5. The van der Waals surface area contributed by atoms with Gasteiger partial charge in [-0.05, 0) is 49.7 Å². The van der Waals surface area contributed by atoms with Crippen LogP contribution in [0, 0.1) is 13.8 Å². The lowest BCUT2D eigenvalue weighted by Gasteiger charge is -2.26. The topological polar surface area (TPSA) is 86.1 Å². The van der Waals surface area contributed by atoms with Crippen LogP contribution in [0.1, 0.15) is 32.9 Å². The van der Waals surface area contributed by atoms with Crippen molar-refractivity contribution in [2.75, 3.05) is 39.5 Å². The second kappa shape index (κ2) is 11.7. The van der Waals surface area contributed by atoms with Gasteiger partial charge in [-0.2, -0.15) is 0 Å². The summed E-state index contributed by atoms with van der Waals surface area (Å²) in [4.78, 5) is 15.0. The number of aryl methyl sites for hydroxylation is 2. The molecular formula is C26H31N3O5. The Morgan fingerprint density at radius 2 is 1.82 bits per heavy atom. The van der Waals surface area contributed by atoms with Gasteiger partial charge in [0.05, 0.1) is 24.5 Å². The number of nitrogens with one attached hydrogen (secondary N) is 1. The van der Waals surface area contributed by atoms with E-state index in [0.29, 0.717) is 31.1 Å². The molecule has 0 spiro atoms. The molecule has 4 rings (SSSR count). The third-order valence-corrected chi connectivity index (χ3v) is 5.79. The summed E-state index contributed by atoms with van der Waals surface area (Å²) in [5.74, 6) is 1.98. The Morgan fingerprint density at radius 1 is 1.06 bits per heavy atom. The molecular weight excluding hydrogens is 434 g/mol. The first kappa shape index (κ1) is 23.8. The van der Waals surface area contributed by atoms with Gasteiger partial charge in [0.1, 0.15) is 30.5 Å². The lowest BCUT2D eigenvalue weighted by molar-refractivity contribution is 0.0322. The SMILES string of the molecule is Cc1noc(C)c1COc1cccc(C(=O)NCc2cccc(OCCN3CCOCC3)c2)c1. The maximum atomic E-state index is 12.7. The van der Waals surface area contributed by atoms with E-state index in [4.69, 9.17) is 18.7 Å². The average Bonchev–Trinajstić information content (AvgIpc) is 3.19. The zero-order valence-corrected chi connectivity index (χ0v) is 19.7. The lowest BCUT2D eigenvalue weighted by atomic mass is 10.1. The van der Waals surface area contributed by atoms with E-state index in [0.717, 1.165) is 61.2 Å². The molecule has 2 aromatic carbocycles. The van der Waals surface area contributed by atoms with Crippen LogP contribution in [-0.2, 0) is 17.9 Å². The Balaban J connectivity index is 1.26. The predicted octanol–water partition coefficient (Wildman–Crippen LogP) is 3.51. The van der Waals surface area contributed by atoms with E-state index in [-0.39, 0.29) is 5.91 Å². The summed E-state index contributed by atoms with van der Waals surface area (Å²) in [6.07, 6.45) is 0. The second-order valence-corrected chi connectivity index (χ2v) is 8.25. The van der Waals surface area contributed by atoms with Gasteiger partial charge in [-0.15, -0.1) is 0 Å². The van der Waals surface area contributed by atoms with Gasteiger partial charge in [0.15, 0.2) is 0 Å². The van der Waals surface area contributed by atoms with Crippen LogP contribution in [0.25, 0.3) is 0 Å². The van der Waals surface area contributed by atoms with Crippen molar-refractivity contribution in [3.63, 3.8) is 0 Å². The molecule has 0 saturated carbocycles. The number of benzene rings is 2. The van der Waals surface area contributed by atoms with Crippen LogP contribution in [0.4, 0.5) is 0 Å². The maximum Gasteiger partial charge on any atom is 0.251 e. The molecule has 8 nitrogen and oxygen atoms in total. The molecule has 3 aromatic rings. The molecule has 0 bridgehead atoms. The average molecular weight is 466 g/mol. The lowest BCUT2D eigenvalue weighted by Crippen LogP contribution is -2.38. The van der Waals surface area contributed by atoms with E-state index in [1.165, 1.54) is 0 Å². The molecule has 0 radical (unpaired) electrons. The summed E-state index contributed by atoms with van der Waals surface area (Å²) in [6.45, 7) is 9.43. The van der Waals surface area contributed by atoms with E-state index in [2.05, 4.69) is 15.4 Å². The van der Waals surface area contributed by atoms with Crippen molar-refractivity contribution in [1.82, 2.24) is 15.4 Å². The largest absolute Gasteiger partial charge is 0.492 e. The Hall–Kier alpha value is -3.36. The highest BCUT2D eigenvalue weighted by molar-refractivity contribution is 5.94. The predicted molar refractivity (Wildman–Crippen MR) is 127 cm³/mol. The number of morpholine rings is 1. The molecule has 1 aromatic heterocycles. The minimum atomic E-state index is -0.165. The molecule has 1 aliphatic heterocycles. The third kappa shape index (κ3) is 6.59. The van der Waals surface area contributed by atoms with Crippen LogP contribution in [0.5, 0.6) is 11.5 Å². The minimum Gasteiger partial charge on any atom is -0.492 e. The highest BCUT2D eigenvalue weighted by Crippen LogP contribution is 2.19. The van der Waals surface area contributed by atoms with E-state index in [1.54, 1.807) is 18.2 Å². The standard InChI is InChI=1S/C26H31N3O5/c1-19-25(20(2)34-28-19)18-33-24-8-4-6-22(16-24)26(30)27-17-21-5-3-7-23(15-21)32-14-11-29-9-12-31-13-10-29/h3-8,15-16H,9-14,17-18H2,1-2H3,(H,27,30). The molecule has 180 valence electrons. The van der Waals surface area contributed by atoms with Gasteiger partial charge in [0, 0.05) is 31.7 Å². The number of nitrogens with zero attached hydrogens (tertiary/aromatic N) is 2. The number of hydrogen-bond acceptors (Lipinski definition) is 7. The highest BCUT2D eigenvalue weighted by Gasteiger charge is 2.12. The molecule has 1 saturated heterocycles. The molecule has 0 unspecified atom stereocenters. The van der Waals surface area contributed by atoms with Gasteiger partial charge in [0.25, 0.3) is 5.91 Å². The zero-order chi connectivity index (χ0) is 23.8. The van der Waals surface area contributed by atoms with E-state index >= 15 is 0 Å². The summed E-state index contributed by atoms with van der Waals surface area (Å²) >= 11 is 0. The highest BCUT2D eigenvalue weighted by atomic mass is 16.5. The maximum absolute atomic E-state index is 12.7. The Morgan fingerprint density at radius 3 is 2.59 bits per heavy atom. The summed E-state index contributed by atoms with van der Waals surface area (Å²) in [7, 11) is 0. The fourth-order valence-electron chi connectivity index (χ4n) is 3.74. The van der Waals surface area contributed by atoms with Gasteiger partial charge >= 0.3 is 0 Å². The monoisotopic (exact) mass is 465 g/mol. The number of aromatic nitrogens is 1. The molecule has 2 heterocycles. The van der Waals surface area contributed by atoms with E-state index in [9.17, 15) is 4.79 Å². The van der Waals surface area contributed by atoms with Crippen LogP contribution in [-0.4, -0.2) is 55.4 Å². The van der Waals surface area contributed by atoms with Gasteiger partial charge in [-0.1, -0.05) is 23.4 Å². The van der Waals surface area contributed by atoms with Crippen LogP contribution in [0.15, 0.2) is 53.1 Å². The Kier molecular flexibility index (Phi) is 8.17. The summed E-state index contributed by atoms with van der Waals surface area (Å²) < 4.78 is 22.3. The van der Waals surface area contributed by atoms with Crippen molar-refractivity contribution in [2.24, 2.45) is 0 Å². The minimum absolute atomic E-state index is 0.165. The number of carbonyl (C=O) groups is 1. The molecule has 1 N–H and O–H groups in total. The molecule has 1 aliphatic rings. The molecule has 0 atom stereocenters. The number of amides is 1. The molecule has 1 amide bonds. The Labute approximate surface area is 199 Å². The first-order chi connectivity index (χ1) is 16.6. The number of carbonyl (C=O) groups excluding carboxylic acids is 1. The van der Waals surface area contributed by atoms with Crippen LogP contribution >= 0.6 is 0 Å². The Bertz CT molecular complexity index is 1070. The smallest absolute Gasteiger partial charge is 0.251 e.